The first-order valence-electron chi connectivity index (χ1n) is 4.89. The highest BCUT2D eigenvalue weighted by Crippen LogP contribution is 2.28. The molecular formula is C10H5ClFN5O. The molecule has 18 heavy (non-hydrogen) atoms. The lowest BCUT2D eigenvalue weighted by Crippen LogP contribution is -1.84. The van der Waals surface area contributed by atoms with Gasteiger partial charge in [-0.1, -0.05) is 16.8 Å². The molecule has 0 bridgehead atoms. The average molecular weight is 266 g/mol. The van der Waals surface area contributed by atoms with Crippen LogP contribution in [-0.4, -0.2) is 25.3 Å². The Bertz CT molecular complexity index is 681. The molecule has 0 amide bonds. The number of hydrogen-bond acceptors (Lipinski definition) is 5. The van der Waals surface area contributed by atoms with Crippen molar-refractivity contribution in [3.8, 4) is 23.1 Å². The summed E-state index contributed by atoms with van der Waals surface area (Å²) in [7, 11) is 0. The van der Waals surface area contributed by atoms with Crippen LogP contribution in [-0.2, 0) is 0 Å². The molecule has 1 aromatic carbocycles. The molecule has 0 fully saturated rings. The molecule has 0 unspecified atom stereocenters. The number of rotatable bonds is 2. The fourth-order valence-electron chi connectivity index (χ4n) is 1.41. The predicted molar refractivity (Wildman–Crippen MR) is 60.1 cm³/mol. The number of nitrogens with one attached hydrogen (secondary N) is 1. The van der Waals surface area contributed by atoms with E-state index in [1.54, 1.807) is 0 Å². The van der Waals surface area contributed by atoms with Gasteiger partial charge in [0.2, 0.25) is 5.82 Å². The predicted octanol–water partition coefficient (Wildman–Crippen LogP) is 2.31. The van der Waals surface area contributed by atoms with Gasteiger partial charge >= 0.3 is 0 Å². The maximum absolute atomic E-state index is 12.9. The lowest BCUT2D eigenvalue weighted by atomic mass is 10.2. The summed E-state index contributed by atoms with van der Waals surface area (Å²) in [4.78, 5) is 7.98. The highest BCUT2D eigenvalue weighted by Gasteiger charge is 2.15. The van der Waals surface area contributed by atoms with E-state index in [0.717, 1.165) is 0 Å². The number of benzene rings is 1. The summed E-state index contributed by atoms with van der Waals surface area (Å²) in [6.07, 6.45) is 1.33. The second kappa shape index (κ2) is 4.19. The molecule has 90 valence electrons. The van der Waals surface area contributed by atoms with Crippen LogP contribution in [0.4, 0.5) is 4.39 Å². The number of halogens is 2. The zero-order chi connectivity index (χ0) is 12.5. The summed E-state index contributed by atoms with van der Waals surface area (Å²) < 4.78 is 18.0. The largest absolute Gasteiger partial charge is 0.333 e. The summed E-state index contributed by atoms with van der Waals surface area (Å²) in [5, 5.41) is 10.2. The summed E-state index contributed by atoms with van der Waals surface area (Å²) in [5.74, 6) is 0.385. The van der Waals surface area contributed by atoms with Crippen molar-refractivity contribution in [3.63, 3.8) is 0 Å². The van der Waals surface area contributed by atoms with Gasteiger partial charge in [0.25, 0.3) is 5.89 Å². The number of hydrogen-bond donors (Lipinski definition) is 1. The van der Waals surface area contributed by atoms with Gasteiger partial charge in [0.15, 0.2) is 5.82 Å². The van der Waals surface area contributed by atoms with Gasteiger partial charge in [0.05, 0.1) is 10.6 Å². The van der Waals surface area contributed by atoms with Crippen molar-refractivity contribution in [2.75, 3.05) is 0 Å². The Hall–Kier alpha value is -2.28. The van der Waals surface area contributed by atoms with Crippen LogP contribution in [0.1, 0.15) is 0 Å². The number of aromatic amines is 1. The van der Waals surface area contributed by atoms with E-state index in [9.17, 15) is 4.39 Å². The third-order valence-corrected chi connectivity index (χ3v) is 2.53. The van der Waals surface area contributed by atoms with Gasteiger partial charge < -0.3 is 4.52 Å². The Morgan fingerprint density at radius 1 is 1.33 bits per heavy atom. The molecule has 6 nitrogen and oxygen atoms in total. The Morgan fingerprint density at radius 3 is 2.94 bits per heavy atom. The van der Waals surface area contributed by atoms with Crippen LogP contribution in [0, 0.1) is 5.82 Å². The van der Waals surface area contributed by atoms with Crippen LogP contribution in [0.3, 0.4) is 0 Å². The van der Waals surface area contributed by atoms with Gasteiger partial charge in [-0.15, -0.1) is 0 Å². The Labute approximate surface area is 105 Å². The number of H-pyrrole nitrogens is 1. The first-order valence-corrected chi connectivity index (χ1v) is 5.27. The van der Waals surface area contributed by atoms with Crippen molar-refractivity contribution in [2.24, 2.45) is 0 Å². The van der Waals surface area contributed by atoms with E-state index in [1.807, 2.05) is 0 Å². The molecule has 0 spiro atoms. The average Bonchev–Trinajstić information content (AvgIpc) is 2.99. The lowest BCUT2D eigenvalue weighted by molar-refractivity contribution is 0.432. The van der Waals surface area contributed by atoms with E-state index in [1.165, 1.54) is 24.5 Å². The quantitative estimate of drug-likeness (QED) is 0.769. The fourth-order valence-corrected chi connectivity index (χ4v) is 1.65. The summed E-state index contributed by atoms with van der Waals surface area (Å²) in [6.45, 7) is 0. The number of aromatic nitrogens is 5. The number of nitrogens with zero attached hydrogens (tertiary/aromatic N) is 4. The van der Waals surface area contributed by atoms with Crippen LogP contribution in [0.5, 0.6) is 0 Å². The molecule has 0 aliphatic heterocycles. The van der Waals surface area contributed by atoms with E-state index in [-0.39, 0.29) is 16.7 Å². The van der Waals surface area contributed by atoms with Crippen molar-refractivity contribution in [2.45, 2.75) is 0 Å². The van der Waals surface area contributed by atoms with Crippen LogP contribution in [0.25, 0.3) is 23.1 Å². The topological polar surface area (TPSA) is 80.5 Å². The first-order chi connectivity index (χ1) is 8.74. The van der Waals surface area contributed by atoms with Crippen molar-refractivity contribution in [1.82, 2.24) is 25.3 Å². The normalized spacial score (nSPS) is 10.8. The molecule has 3 rings (SSSR count). The monoisotopic (exact) mass is 265 g/mol. The molecule has 0 atom stereocenters. The second-order valence-electron chi connectivity index (χ2n) is 3.38. The smallest absolute Gasteiger partial charge is 0.259 e. The summed E-state index contributed by atoms with van der Waals surface area (Å²) in [6, 6.07) is 3.91. The van der Waals surface area contributed by atoms with Crippen LogP contribution in [0.2, 0.25) is 5.02 Å². The third-order valence-electron chi connectivity index (χ3n) is 2.21. The summed E-state index contributed by atoms with van der Waals surface area (Å²) in [5.41, 5.74) is 0.455. The van der Waals surface area contributed by atoms with Crippen molar-refractivity contribution in [1.29, 1.82) is 0 Å². The van der Waals surface area contributed by atoms with Gasteiger partial charge in [-0.05, 0) is 18.2 Å². The van der Waals surface area contributed by atoms with E-state index < -0.39 is 5.82 Å². The highest BCUT2D eigenvalue weighted by atomic mass is 35.5. The molecule has 8 heteroatoms. The molecule has 2 heterocycles. The minimum absolute atomic E-state index is 0.186. The highest BCUT2D eigenvalue weighted by molar-refractivity contribution is 6.33. The van der Waals surface area contributed by atoms with Gasteiger partial charge in [0.1, 0.15) is 12.1 Å². The first kappa shape index (κ1) is 10.8. The molecule has 0 saturated heterocycles. The maximum atomic E-state index is 12.9. The van der Waals surface area contributed by atoms with Gasteiger partial charge in [-0.2, -0.15) is 10.1 Å². The van der Waals surface area contributed by atoms with Gasteiger partial charge in [-0.3, -0.25) is 5.10 Å². The Kier molecular flexibility index (Phi) is 2.52. The minimum atomic E-state index is -0.432. The molecular weight excluding hydrogens is 261 g/mol. The van der Waals surface area contributed by atoms with Crippen molar-refractivity contribution < 1.29 is 8.91 Å². The van der Waals surface area contributed by atoms with E-state index in [0.29, 0.717) is 11.4 Å². The van der Waals surface area contributed by atoms with Crippen molar-refractivity contribution in [3.05, 3.63) is 35.4 Å². The Balaban J connectivity index is 2.03. The molecule has 0 saturated carbocycles. The fraction of sp³-hybridized carbons (Fsp3) is 0. The molecule has 1 N–H and O–H groups in total. The molecule has 0 radical (unpaired) electrons. The standard InChI is InChI=1S/C10H5ClFN5O/c11-7-3-5(12)1-2-6(7)10-15-9(17-18-10)8-13-4-14-16-8/h1-4H,(H,13,14,16). The van der Waals surface area contributed by atoms with E-state index in [4.69, 9.17) is 16.1 Å². The summed E-state index contributed by atoms with van der Waals surface area (Å²) >= 11 is 5.89. The lowest BCUT2D eigenvalue weighted by Gasteiger charge is -1.97. The van der Waals surface area contributed by atoms with Crippen LogP contribution in [0.15, 0.2) is 29.0 Å². The third kappa shape index (κ3) is 1.84. The van der Waals surface area contributed by atoms with Crippen LogP contribution >= 0.6 is 11.6 Å². The molecule has 3 aromatic rings. The molecule has 0 aliphatic carbocycles. The maximum Gasteiger partial charge on any atom is 0.259 e. The van der Waals surface area contributed by atoms with Gasteiger partial charge in [0, 0.05) is 0 Å². The SMILES string of the molecule is Fc1ccc(-c2nc(-c3ncn[nH]3)no2)c(Cl)c1. The molecule has 0 aliphatic rings. The second-order valence-corrected chi connectivity index (χ2v) is 3.79. The van der Waals surface area contributed by atoms with E-state index in [2.05, 4.69) is 25.3 Å². The van der Waals surface area contributed by atoms with Crippen molar-refractivity contribution >= 4 is 11.6 Å². The minimum Gasteiger partial charge on any atom is -0.333 e. The zero-order valence-corrected chi connectivity index (χ0v) is 9.52. The van der Waals surface area contributed by atoms with E-state index >= 15 is 0 Å². The zero-order valence-electron chi connectivity index (χ0n) is 8.76. The molecule has 2 aromatic heterocycles. The Morgan fingerprint density at radius 2 is 2.22 bits per heavy atom. The van der Waals surface area contributed by atoms with Gasteiger partial charge in [-0.25, -0.2) is 9.37 Å². The van der Waals surface area contributed by atoms with Crippen LogP contribution < -0.4 is 0 Å².